The van der Waals surface area contributed by atoms with Crippen LogP contribution < -0.4 is 0 Å². The van der Waals surface area contributed by atoms with Crippen molar-refractivity contribution in [1.29, 1.82) is 0 Å². The normalized spacial score (nSPS) is 57.4. The summed E-state index contributed by atoms with van der Waals surface area (Å²) >= 11 is 0. The molecular formula is C40H62O16. The van der Waals surface area contributed by atoms with Crippen LogP contribution in [0.5, 0.6) is 0 Å². The van der Waals surface area contributed by atoms with Gasteiger partial charge in [0, 0.05) is 30.3 Å². The highest BCUT2D eigenvalue weighted by molar-refractivity contribution is 5.89. The third-order valence-corrected chi connectivity index (χ3v) is 16.3. The second-order valence-electron chi connectivity index (χ2n) is 19.0. The molecule has 0 unspecified atom stereocenters. The van der Waals surface area contributed by atoms with Crippen LogP contribution in [-0.2, 0) is 33.2 Å². The molecule has 16 nitrogen and oxygen atoms in total. The molecule has 0 aromatic carbocycles. The Morgan fingerprint density at radius 1 is 0.875 bits per heavy atom. The van der Waals surface area contributed by atoms with E-state index in [1.165, 1.54) is 6.92 Å². The Morgan fingerprint density at radius 3 is 2.23 bits per heavy atom. The molecule has 8 aliphatic rings. The van der Waals surface area contributed by atoms with Crippen molar-refractivity contribution in [3.05, 3.63) is 11.1 Å². The number of carbonyl (C=O) groups excluding carboxylic acids is 1. The van der Waals surface area contributed by atoms with Gasteiger partial charge in [0.2, 0.25) is 0 Å². The number of hydrogen-bond acceptors (Lipinski definition) is 16. The molecule has 4 heterocycles. The van der Waals surface area contributed by atoms with Crippen molar-refractivity contribution in [2.45, 2.75) is 184 Å². The fourth-order valence-electron chi connectivity index (χ4n) is 12.9. The first kappa shape index (κ1) is 41.4. The summed E-state index contributed by atoms with van der Waals surface area (Å²) in [6.45, 7) is 10.8. The van der Waals surface area contributed by atoms with Gasteiger partial charge in [0.05, 0.1) is 37.1 Å². The van der Waals surface area contributed by atoms with Gasteiger partial charge < -0.3 is 74.4 Å². The smallest absolute Gasteiger partial charge is 0.333 e. The Bertz CT molecular complexity index is 1540. The summed E-state index contributed by atoms with van der Waals surface area (Å²) in [6, 6.07) is 0. The standard InChI is InChI=1S/C40H62O16/c1-14-9-22(53-35(49)15(14)2)16(3)26-21(42)11-20-25-19(7-8-38(20,26)5)39(6)24(43)10-18(12-40(39,50)34-33(25)55-34)52-37-31(48)29(46)32(23(13-41)54-37)56-36-30(47)28(45)27(44)17(4)51-36/h16-34,36-37,41-48,50H,7-13H2,1-6H3/t16-,17+,18-,19+,20+,21+,22+,23-,24+,25-,26+,27-,28+,29-,30-,31-,32-,33-,34-,36-,37-,38+,39+,40-/m0/s1. The highest BCUT2D eigenvalue weighted by Crippen LogP contribution is 2.73. The molecule has 4 aliphatic heterocycles. The van der Waals surface area contributed by atoms with Crippen LogP contribution in [0.3, 0.4) is 0 Å². The Hall–Kier alpha value is -1.35. The summed E-state index contributed by atoms with van der Waals surface area (Å²) in [5.74, 6) is -0.627. The minimum atomic E-state index is -1.72. The number of rotatable bonds is 7. The zero-order chi connectivity index (χ0) is 40.5. The highest BCUT2D eigenvalue weighted by atomic mass is 16.7. The second kappa shape index (κ2) is 14.4. The van der Waals surface area contributed by atoms with E-state index in [4.69, 9.17) is 28.4 Å². The molecule has 0 radical (unpaired) electrons. The first-order valence-electron chi connectivity index (χ1n) is 20.5. The van der Waals surface area contributed by atoms with Crippen LogP contribution in [0.15, 0.2) is 11.1 Å². The molecule has 0 aromatic heterocycles. The Balaban J connectivity index is 0.964. The van der Waals surface area contributed by atoms with Gasteiger partial charge in [0.25, 0.3) is 0 Å². The van der Waals surface area contributed by atoms with Crippen molar-refractivity contribution in [3.8, 4) is 0 Å². The molecule has 7 fully saturated rings. The van der Waals surface area contributed by atoms with Crippen molar-refractivity contribution in [3.63, 3.8) is 0 Å². The summed E-state index contributed by atoms with van der Waals surface area (Å²) in [5.41, 5.74) is -1.16. The van der Waals surface area contributed by atoms with Gasteiger partial charge in [-0.1, -0.05) is 26.3 Å². The summed E-state index contributed by atoms with van der Waals surface area (Å²) < 4.78 is 35.6. The number of cyclic esters (lactones) is 1. The molecule has 0 spiro atoms. The maximum Gasteiger partial charge on any atom is 0.333 e. The predicted octanol–water partition coefficient (Wildman–Crippen LogP) is -0.986. The van der Waals surface area contributed by atoms with Gasteiger partial charge >= 0.3 is 5.97 Å². The van der Waals surface area contributed by atoms with E-state index >= 15 is 0 Å². The summed E-state index contributed by atoms with van der Waals surface area (Å²) in [4.78, 5) is 12.7. The zero-order valence-corrected chi connectivity index (χ0v) is 33.0. The number of fused-ring (bicyclic) bond motifs is 8. The fourth-order valence-corrected chi connectivity index (χ4v) is 12.9. The van der Waals surface area contributed by atoms with E-state index < -0.39 is 103 Å². The molecule has 3 saturated heterocycles. The maximum absolute atomic E-state index is 12.7. The molecule has 24 atom stereocenters. The summed E-state index contributed by atoms with van der Waals surface area (Å²) in [5, 5.41) is 99.8. The Kier molecular flexibility index (Phi) is 10.6. The number of ether oxygens (including phenoxy) is 6. The molecule has 9 N–H and O–H groups in total. The van der Waals surface area contributed by atoms with Crippen LogP contribution in [0.1, 0.15) is 80.1 Å². The quantitative estimate of drug-likeness (QED) is 0.0852. The lowest BCUT2D eigenvalue weighted by Gasteiger charge is -2.64. The number of aliphatic hydroxyl groups is 9. The Morgan fingerprint density at radius 2 is 1.55 bits per heavy atom. The molecule has 16 heteroatoms. The summed E-state index contributed by atoms with van der Waals surface area (Å²) in [7, 11) is 0. The van der Waals surface area contributed by atoms with E-state index in [-0.39, 0.29) is 66.0 Å². The van der Waals surface area contributed by atoms with Crippen molar-refractivity contribution in [2.75, 3.05) is 6.61 Å². The van der Waals surface area contributed by atoms with Crippen LogP contribution in [0.2, 0.25) is 0 Å². The summed E-state index contributed by atoms with van der Waals surface area (Å²) in [6.07, 6.45) is -15.8. The third kappa shape index (κ3) is 6.03. The van der Waals surface area contributed by atoms with Crippen molar-refractivity contribution in [1.82, 2.24) is 0 Å². The van der Waals surface area contributed by atoms with E-state index in [1.807, 2.05) is 13.8 Å². The van der Waals surface area contributed by atoms with E-state index in [1.54, 1.807) is 6.92 Å². The van der Waals surface area contributed by atoms with Crippen LogP contribution in [0, 0.1) is 40.4 Å². The molecule has 4 aliphatic carbocycles. The molecule has 56 heavy (non-hydrogen) atoms. The van der Waals surface area contributed by atoms with Crippen LogP contribution in [0.4, 0.5) is 0 Å². The van der Waals surface area contributed by atoms with Gasteiger partial charge in [-0.3, -0.25) is 0 Å². The molecular weight excluding hydrogens is 736 g/mol. The van der Waals surface area contributed by atoms with Crippen molar-refractivity contribution in [2.24, 2.45) is 40.4 Å². The van der Waals surface area contributed by atoms with Gasteiger partial charge in [0.1, 0.15) is 60.5 Å². The molecule has 4 saturated carbocycles. The lowest BCUT2D eigenvalue weighted by molar-refractivity contribution is -0.365. The van der Waals surface area contributed by atoms with Crippen LogP contribution >= 0.6 is 0 Å². The first-order valence-corrected chi connectivity index (χ1v) is 20.5. The van der Waals surface area contributed by atoms with Crippen LogP contribution in [-0.4, -0.2) is 162 Å². The average molecular weight is 799 g/mol. The number of aliphatic hydroxyl groups excluding tert-OH is 8. The number of hydrogen-bond donors (Lipinski definition) is 9. The minimum absolute atomic E-state index is 0.0271. The van der Waals surface area contributed by atoms with Gasteiger partial charge in [-0.2, -0.15) is 0 Å². The lowest BCUT2D eigenvalue weighted by atomic mass is 9.42. The SMILES string of the molecule is CC1=C(C)C(=O)O[C@@H]([C@H](C)[C@@H]2[C@H](O)C[C@@H]3[C@H]4[C@@H]5O[C@@H]5[C@@]5(O)C[C@@H](O[C@H]6O[C@@H](CO)[C@H](O[C@@H]7O[C@H](C)[C@H](O)[C@@H](O)[C@@H]7O)[C@@H](O)[C@@H]6O)C[C@@H](O)[C@@]5(C)[C@@H]4CC[C@@]23C)C1. The van der Waals surface area contributed by atoms with Crippen LogP contribution in [0.25, 0.3) is 0 Å². The molecule has 8 rings (SSSR count). The molecule has 0 aromatic rings. The van der Waals surface area contributed by atoms with Crippen molar-refractivity contribution < 1.29 is 79.2 Å². The second-order valence-corrected chi connectivity index (χ2v) is 19.0. The topological polar surface area (TPSA) is 258 Å². The number of carbonyl (C=O) groups is 1. The fraction of sp³-hybridized carbons (Fsp3) is 0.925. The number of epoxide rings is 1. The highest BCUT2D eigenvalue weighted by Gasteiger charge is 2.79. The van der Waals surface area contributed by atoms with E-state index in [0.29, 0.717) is 24.8 Å². The Labute approximate surface area is 326 Å². The van der Waals surface area contributed by atoms with Gasteiger partial charge in [-0.25, -0.2) is 4.79 Å². The minimum Gasteiger partial charge on any atom is -0.458 e. The lowest BCUT2D eigenvalue weighted by Crippen LogP contribution is -2.71. The predicted molar refractivity (Wildman–Crippen MR) is 191 cm³/mol. The molecule has 0 bridgehead atoms. The maximum atomic E-state index is 12.7. The number of esters is 1. The zero-order valence-electron chi connectivity index (χ0n) is 33.0. The molecule has 318 valence electrons. The van der Waals surface area contributed by atoms with Gasteiger partial charge in [-0.05, 0) is 75.0 Å². The van der Waals surface area contributed by atoms with Gasteiger partial charge in [-0.15, -0.1) is 0 Å². The van der Waals surface area contributed by atoms with E-state index in [9.17, 15) is 50.8 Å². The van der Waals surface area contributed by atoms with Crippen molar-refractivity contribution >= 4 is 5.97 Å². The average Bonchev–Trinajstić information content (AvgIpc) is 3.91. The largest absolute Gasteiger partial charge is 0.458 e. The van der Waals surface area contributed by atoms with Gasteiger partial charge in [0.15, 0.2) is 12.6 Å². The van der Waals surface area contributed by atoms with E-state index in [0.717, 1.165) is 12.0 Å². The van der Waals surface area contributed by atoms with E-state index in [2.05, 4.69) is 13.8 Å². The molecule has 0 amide bonds. The monoisotopic (exact) mass is 798 g/mol. The first-order chi connectivity index (χ1) is 26.3. The third-order valence-electron chi connectivity index (χ3n) is 16.3.